The molecule has 1 aromatic carbocycles. The number of rotatable bonds is 4. The largest absolute Gasteiger partial charge is 0.481 e. The molecule has 114 valence electrons. The molecule has 22 heavy (non-hydrogen) atoms. The lowest BCUT2D eigenvalue weighted by molar-refractivity contribution is -0.145. The fraction of sp³-hybridized carbons (Fsp3) is 0.267. The molecule has 1 fully saturated rings. The van der Waals surface area contributed by atoms with Gasteiger partial charge in [0.1, 0.15) is 5.92 Å². The lowest BCUT2D eigenvalue weighted by Crippen LogP contribution is -2.39. The van der Waals surface area contributed by atoms with Crippen LogP contribution in [0.25, 0.3) is 0 Å². The van der Waals surface area contributed by atoms with Gasteiger partial charge in [0, 0.05) is 5.69 Å². The number of amides is 1. The number of carboxylic acid groups (broad SMARTS) is 2. The molecule has 7 heteroatoms. The van der Waals surface area contributed by atoms with E-state index in [-0.39, 0.29) is 5.56 Å². The topological polar surface area (TPSA) is 113 Å². The molecule has 0 aromatic heterocycles. The lowest BCUT2D eigenvalue weighted by atomic mass is 9.82. The maximum atomic E-state index is 12.3. The molecule has 2 bridgehead atoms. The van der Waals surface area contributed by atoms with E-state index in [0.717, 1.165) is 0 Å². The highest BCUT2D eigenvalue weighted by molar-refractivity contribution is 5.97. The molecule has 4 atom stereocenters. The van der Waals surface area contributed by atoms with Gasteiger partial charge in [0.2, 0.25) is 5.91 Å². The van der Waals surface area contributed by atoms with Crippen molar-refractivity contribution in [2.45, 2.75) is 12.2 Å². The first-order valence-corrected chi connectivity index (χ1v) is 6.68. The van der Waals surface area contributed by atoms with E-state index in [4.69, 9.17) is 9.84 Å². The Morgan fingerprint density at radius 2 is 1.55 bits per heavy atom. The van der Waals surface area contributed by atoms with Crippen molar-refractivity contribution in [3.05, 3.63) is 42.0 Å². The smallest absolute Gasteiger partial charge is 0.335 e. The molecule has 3 N–H and O–H groups in total. The molecule has 0 aliphatic carbocycles. The number of hydrogen-bond donors (Lipinski definition) is 3. The number of aromatic carboxylic acids is 1. The zero-order valence-electron chi connectivity index (χ0n) is 11.3. The number of aliphatic carboxylic acids is 1. The van der Waals surface area contributed by atoms with E-state index in [1.807, 2.05) is 0 Å². The third kappa shape index (κ3) is 2.35. The van der Waals surface area contributed by atoms with Gasteiger partial charge in [-0.25, -0.2) is 4.79 Å². The van der Waals surface area contributed by atoms with Crippen LogP contribution < -0.4 is 5.32 Å². The molecule has 1 saturated heterocycles. The minimum Gasteiger partial charge on any atom is -0.481 e. The van der Waals surface area contributed by atoms with E-state index in [1.54, 1.807) is 12.2 Å². The first kappa shape index (κ1) is 14.3. The minimum absolute atomic E-state index is 0.104. The molecule has 2 heterocycles. The molecule has 0 unspecified atom stereocenters. The van der Waals surface area contributed by atoms with Gasteiger partial charge in [-0.05, 0) is 24.3 Å². The highest BCUT2D eigenvalue weighted by Gasteiger charge is 2.53. The van der Waals surface area contributed by atoms with Crippen molar-refractivity contribution in [2.75, 3.05) is 5.32 Å². The molecule has 2 aliphatic heterocycles. The summed E-state index contributed by atoms with van der Waals surface area (Å²) in [5.74, 6) is -4.29. The van der Waals surface area contributed by atoms with Crippen LogP contribution >= 0.6 is 0 Å². The van der Waals surface area contributed by atoms with Crippen LogP contribution in [0.15, 0.2) is 36.4 Å². The Bertz CT molecular complexity index is 665. The Hall–Kier alpha value is -2.67. The van der Waals surface area contributed by atoms with E-state index in [1.165, 1.54) is 24.3 Å². The number of anilines is 1. The van der Waals surface area contributed by atoms with Gasteiger partial charge in [-0.2, -0.15) is 0 Å². The van der Waals surface area contributed by atoms with Crippen LogP contribution in [-0.4, -0.2) is 40.3 Å². The predicted octanol–water partition coefficient (Wildman–Crippen LogP) is 0.977. The monoisotopic (exact) mass is 303 g/mol. The van der Waals surface area contributed by atoms with Crippen molar-refractivity contribution in [1.82, 2.24) is 0 Å². The highest BCUT2D eigenvalue weighted by atomic mass is 16.5. The molecule has 1 amide bonds. The van der Waals surface area contributed by atoms with Gasteiger partial charge < -0.3 is 20.3 Å². The maximum absolute atomic E-state index is 12.3. The number of carboxylic acids is 2. The van der Waals surface area contributed by atoms with E-state index < -0.39 is 41.9 Å². The predicted molar refractivity (Wildman–Crippen MR) is 74.4 cm³/mol. The van der Waals surface area contributed by atoms with Crippen molar-refractivity contribution in [2.24, 2.45) is 11.8 Å². The number of carbonyl (C=O) groups excluding carboxylic acids is 1. The molecule has 3 rings (SSSR count). The fourth-order valence-electron chi connectivity index (χ4n) is 2.84. The summed E-state index contributed by atoms with van der Waals surface area (Å²) in [6.45, 7) is 0. The second-order valence-corrected chi connectivity index (χ2v) is 5.21. The average Bonchev–Trinajstić information content (AvgIpc) is 3.08. The molecule has 7 nitrogen and oxygen atoms in total. The van der Waals surface area contributed by atoms with Crippen LogP contribution in [-0.2, 0) is 14.3 Å². The standard InChI is InChI=1S/C15H13NO6/c17-13(16-8-3-1-7(2-4-8)14(18)19)11-9-5-6-10(22-9)12(11)15(20)21/h1-6,9-12H,(H,16,17)(H,18,19)(H,20,21)/t9-,10+,11-,12+/m1/s1. The summed E-state index contributed by atoms with van der Waals surface area (Å²) in [6.07, 6.45) is 2.24. The Balaban J connectivity index is 1.75. The van der Waals surface area contributed by atoms with E-state index in [0.29, 0.717) is 5.69 Å². The summed E-state index contributed by atoms with van der Waals surface area (Å²) >= 11 is 0. The average molecular weight is 303 g/mol. The van der Waals surface area contributed by atoms with Crippen molar-refractivity contribution < 1.29 is 29.3 Å². The summed E-state index contributed by atoms with van der Waals surface area (Å²) in [4.78, 5) is 34.4. The minimum atomic E-state index is -1.07. The first-order valence-electron chi connectivity index (χ1n) is 6.68. The third-order valence-corrected chi connectivity index (χ3v) is 3.89. The molecular formula is C15H13NO6. The molecule has 2 aliphatic rings. The number of benzene rings is 1. The highest BCUT2D eigenvalue weighted by Crippen LogP contribution is 2.39. The molecule has 0 spiro atoms. The van der Waals surface area contributed by atoms with Gasteiger partial charge >= 0.3 is 11.9 Å². The van der Waals surface area contributed by atoms with E-state index in [9.17, 15) is 19.5 Å². The number of fused-ring (bicyclic) bond motifs is 2. The zero-order chi connectivity index (χ0) is 15.9. The SMILES string of the molecule is O=C(O)c1ccc(NC(=O)[C@H]2[C@@H](C(=O)O)[C@@H]3C=C[C@H]2O3)cc1. The summed E-state index contributed by atoms with van der Waals surface area (Å²) in [7, 11) is 0. The van der Waals surface area contributed by atoms with E-state index in [2.05, 4.69) is 5.32 Å². The van der Waals surface area contributed by atoms with Crippen molar-refractivity contribution >= 4 is 23.5 Å². The van der Waals surface area contributed by atoms with Crippen LogP contribution in [0.2, 0.25) is 0 Å². The quantitative estimate of drug-likeness (QED) is 0.715. The van der Waals surface area contributed by atoms with Crippen LogP contribution in [0.1, 0.15) is 10.4 Å². The normalized spacial score (nSPS) is 28.5. The molecular weight excluding hydrogens is 290 g/mol. The third-order valence-electron chi connectivity index (χ3n) is 3.89. The van der Waals surface area contributed by atoms with Gasteiger partial charge in [0.15, 0.2) is 0 Å². The number of nitrogens with one attached hydrogen (secondary N) is 1. The van der Waals surface area contributed by atoms with Crippen LogP contribution in [0.5, 0.6) is 0 Å². The number of hydrogen-bond acceptors (Lipinski definition) is 4. The second-order valence-electron chi connectivity index (χ2n) is 5.21. The summed E-state index contributed by atoms with van der Waals surface area (Å²) < 4.78 is 5.44. The fourth-order valence-corrected chi connectivity index (χ4v) is 2.84. The molecule has 0 radical (unpaired) electrons. The first-order chi connectivity index (χ1) is 10.5. The lowest BCUT2D eigenvalue weighted by Gasteiger charge is -2.21. The Morgan fingerprint density at radius 1 is 0.955 bits per heavy atom. The summed E-state index contributed by atoms with van der Waals surface area (Å²) in [5, 5.41) is 20.7. The van der Waals surface area contributed by atoms with Crippen molar-refractivity contribution in [1.29, 1.82) is 0 Å². The van der Waals surface area contributed by atoms with Crippen LogP contribution in [0, 0.1) is 11.8 Å². The van der Waals surface area contributed by atoms with Crippen LogP contribution in [0.3, 0.4) is 0 Å². The van der Waals surface area contributed by atoms with Crippen molar-refractivity contribution in [3.63, 3.8) is 0 Å². The number of ether oxygens (including phenoxy) is 1. The van der Waals surface area contributed by atoms with Crippen LogP contribution in [0.4, 0.5) is 5.69 Å². The Labute approximate surface area is 125 Å². The molecule has 1 aromatic rings. The Kier molecular flexibility index (Phi) is 3.42. The van der Waals surface area contributed by atoms with Gasteiger partial charge in [-0.1, -0.05) is 12.2 Å². The van der Waals surface area contributed by atoms with Gasteiger partial charge in [0.05, 0.1) is 23.7 Å². The second kappa shape index (κ2) is 5.27. The molecule has 0 saturated carbocycles. The van der Waals surface area contributed by atoms with E-state index >= 15 is 0 Å². The van der Waals surface area contributed by atoms with Gasteiger partial charge in [-0.15, -0.1) is 0 Å². The summed E-state index contributed by atoms with van der Waals surface area (Å²) in [5.41, 5.74) is 0.512. The van der Waals surface area contributed by atoms with Gasteiger partial charge in [0.25, 0.3) is 0 Å². The maximum Gasteiger partial charge on any atom is 0.335 e. The van der Waals surface area contributed by atoms with Crippen molar-refractivity contribution in [3.8, 4) is 0 Å². The summed E-state index contributed by atoms with van der Waals surface area (Å²) in [6, 6.07) is 5.65. The Morgan fingerprint density at radius 3 is 2.09 bits per heavy atom. The van der Waals surface area contributed by atoms with Gasteiger partial charge in [-0.3, -0.25) is 9.59 Å². The zero-order valence-corrected chi connectivity index (χ0v) is 11.3. The number of carbonyl (C=O) groups is 3.